The lowest BCUT2D eigenvalue weighted by Gasteiger charge is -2.22. The van der Waals surface area contributed by atoms with Crippen molar-refractivity contribution >= 4 is 10.9 Å². The Kier molecular flexibility index (Phi) is 7.15. The molecule has 5 heteroatoms. The second kappa shape index (κ2) is 10.2. The molecule has 0 amide bonds. The van der Waals surface area contributed by atoms with Gasteiger partial charge in [0.25, 0.3) is 0 Å². The van der Waals surface area contributed by atoms with Gasteiger partial charge in [-0.3, -0.25) is 0 Å². The molecule has 0 fully saturated rings. The Morgan fingerprint density at radius 3 is 2.32 bits per heavy atom. The Labute approximate surface area is 185 Å². The largest absolute Gasteiger partial charge is 0.493 e. The molecule has 4 rings (SSSR count). The number of para-hydroxylation sites is 1. The van der Waals surface area contributed by atoms with Crippen molar-refractivity contribution in [3.05, 3.63) is 59.3 Å². The molecule has 0 bridgehead atoms. The quantitative estimate of drug-likeness (QED) is 0.564. The molecule has 0 radical (unpaired) electrons. The Balaban J connectivity index is 1.22. The number of likely N-dealkylation sites (N-methyl/N-ethyl adjacent to an activating group) is 1. The summed E-state index contributed by atoms with van der Waals surface area (Å²) in [5, 5.41) is 1.35. The van der Waals surface area contributed by atoms with Crippen molar-refractivity contribution in [1.82, 2.24) is 14.8 Å². The van der Waals surface area contributed by atoms with E-state index in [4.69, 9.17) is 9.47 Å². The van der Waals surface area contributed by atoms with Gasteiger partial charge >= 0.3 is 0 Å². The Morgan fingerprint density at radius 2 is 1.65 bits per heavy atom. The molecule has 1 aromatic heterocycles. The number of rotatable bonds is 9. The summed E-state index contributed by atoms with van der Waals surface area (Å²) in [6.45, 7) is 5.60. The zero-order chi connectivity index (χ0) is 21.6. The highest BCUT2D eigenvalue weighted by molar-refractivity contribution is 5.83. The number of nitrogens with one attached hydrogen (secondary N) is 1. The summed E-state index contributed by atoms with van der Waals surface area (Å²) in [7, 11) is 5.66. The fourth-order valence-electron chi connectivity index (χ4n) is 4.65. The lowest BCUT2D eigenvalue weighted by Crippen LogP contribution is -2.31. The minimum atomic E-state index is 0.839. The molecule has 2 heterocycles. The molecule has 166 valence electrons. The van der Waals surface area contributed by atoms with Gasteiger partial charge in [-0.05, 0) is 80.7 Å². The van der Waals surface area contributed by atoms with E-state index in [2.05, 4.69) is 64.4 Å². The van der Waals surface area contributed by atoms with Gasteiger partial charge in [-0.25, -0.2) is 0 Å². The van der Waals surface area contributed by atoms with Gasteiger partial charge in [0.1, 0.15) is 0 Å². The second-order valence-electron chi connectivity index (χ2n) is 8.58. The first-order valence-corrected chi connectivity index (χ1v) is 11.4. The second-order valence-corrected chi connectivity index (χ2v) is 8.58. The number of fused-ring (bicyclic) bond motifs is 2. The molecule has 1 N–H and O–H groups in total. The van der Waals surface area contributed by atoms with E-state index in [9.17, 15) is 0 Å². The highest BCUT2D eigenvalue weighted by Crippen LogP contribution is 2.32. The number of ether oxygens (including phenoxy) is 2. The molecule has 1 aliphatic rings. The smallest absolute Gasteiger partial charge is 0.161 e. The predicted molar refractivity (Wildman–Crippen MR) is 128 cm³/mol. The summed E-state index contributed by atoms with van der Waals surface area (Å²) in [4.78, 5) is 8.45. The van der Waals surface area contributed by atoms with Gasteiger partial charge < -0.3 is 24.3 Å². The molecule has 2 aromatic carbocycles. The molecule has 5 nitrogen and oxygen atoms in total. The third-order valence-corrected chi connectivity index (χ3v) is 6.55. The zero-order valence-electron chi connectivity index (χ0n) is 19.1. The molecule has 0 saturated heterocycles. The Bertz CT molecular complexity index is 962. The zero-order valence-corrected chi connectivity index (χ0v) is 19.1. The van der Waals surface area contributed by atoms with Gasteiger partial charge in [0, 0.05) is 36.7 Å². The van der Waals surface area contributed by atoms with Crippen LogP contribution in [0.25, 0.3) is 10.9 Å². The van der Waals surface area contributed by atoms with Gasteiger partial charge in [0.15, 0.2) is 11.5 Å². The number of aromatic amines is 1. The summed E-state index contributed by atoms with van der Waals surface area (Å²) in [5.74, 6) is 1.68. The molecule has 0 aliphatic carbocycles. The fraction of sp³-hybridized carbons (Fsp3) is 0.462. The molecule has 3 aromatic rings. The van der Waals surface area contributed by atoms with E-state index < -0.39 is 0 Å². The van der Waals surface area contributed by atoms with Crippen LogP contribution in [0.5, 0.6) is 11.5 Å². The fourth-order valence-corrected chi connectivity index (χ4v) is 4.65. The van der Waals surface area contributed by atoms with E-state index in [-0.39, 0.29) is 0 Å². The van der Waals surface area contributed by atoms with Crippen LogP contribution in [0.4, 0.5) is 0 Å². The molecular formula is C26H35N3O2. The normalized spacial score (nSPS) is 14.6. The monoisotopic (exact) mass is 421 g/mol. The predicted octanol–water partition coefficient (Wildman–Crippen LogP) is 4.15. The molecular weight excluding hydrogens is 386 g/mol. The van der Waals surface area contributed by atoms with E-state index in [1.165, 1.54) is 34.0 Å². The lowest BCUT2D eigenvalue weighted by molar-refractivity contribution is 0.254. The van der Waals surface area contributed by atoms with Crippen LogP contribution in [0, 0.1) is 0 Å². The summed E-state index contributed by atoms with van der Waals surface area (Å²) in [5.41, 5.74) is 5.45. The number of nitrogens with zero attached hydrogens (tertiary/aromatic N) is 2. The SMILES string of the molecule is COc1cc2c(cc1OC)CCN(CCCN(C)CCc1c[nH]c3ccccc13)CC2. The van der Waals surface area contributed by atoms with E-state index >= 15 is 0 Å². The Morgan fingerprint density at radius 1 is 0.968 bits per heavy atom. The molecule has 0 spiro atoms. The van der Waals surface area contributed by atoms with Crippen LogP contribution in [-0.4, -0.2) is 68.8 Å². The van der Waals surface area contributed by atoms with Gasteiger partial charge in [-0.1, -0.05) is 18.2 Å². The number of hydrogen-bond acceptors (Lipinski definition) is 4. The van der Waals surface area contributed by atoms with E-state index in [0.29, 0.717) is 0 Å². The third-order valence-electron chi connectivity index (χ3n) is 6.55. The Hall–Kier alpha value is -2.50. The maximum Gasteiger partial charge on any atom is 0.161 e. The standard InChI is InChI=1S/C26H35N3O2/c1-28(14-9-22-19-27-24-8-5-4-7-23(22)24)12-6-13-29-15-10-20-17-25(30-2)26(31-3)18-21(20)11-16-29/h4-5,7-8,17-19,27H,6,9-16H2,1-3H3. The topological polar surface area (TPSA) is 40.7 Å². The summed E-state index contributed by atoms with van der Waals surface area (Å²) < 4.78 is 11.0. The highest BCUT2D eigenvalue weighted by Gasteiger charge is 2.17. The average molecular weight is 422 g/mol. The molecule has 31 heavy (non-hydrogen) atoms. The van der Waals surface area contributed by atoms with Crippen molar-refractivity contribution < 1.29 is 9.47 Å². The van der Waals surface area contributed by atoms with Crippen molar-refractivity contribution in [3.8, 4) is 11.5 Å². The minimum Gasteiger partial charge on any atom is -0.493 e. The number of methoxy groups -OCH3 is 2. The molecule has 0 saturated carbocycles. The van der Waals surface area contributed by atoms with Crippen LogP contribution in [0.1, 0.15) is 23.1 Å². The molecule has 0 atom stereocenters. The lowest BCUT2D eigenvalue weighted by atomic mass is 10.0. The minimum absolute atomic E-state index is 0.839. The van der Waals surface area contributed by atoms with Crippen molar-refractivity contribution in [2.45, 2.75) is 25.7 Å². The van der Waals surface area contributed by atoms with E-state index in [1.54, 1.807) is 14.2 Å². The summed E-state index contributed by atoms with van der Waals surface area (Å²) in [6, 6.07) is 12.9. The van der Waals surface area contributed by atoms with Crippen LogP contribution < -0.4 is 9.47 Å². The van der Waals surface area contributed by atoms with E-state index in [0.717, 1.165) is 63.5 Å². The van der Waals surface area contributed by atoms with Crippen LogP contribution >= 0.6 is 0 Å². The summed E-state index contributed by atoms with van der Waals surface area (Å²) >= 11 is 0. The first-order valence-electron chi connectivity index (χ1n) is 11.4. The van der Waals surface area contributed by atoms with Gasteiger partial charge in [0.05, 0.1) is 14.2 Å². The maximum atomic E-state index is 5.49. The first kappa shape index (κ1) is 21.7. The van der Waals surface area contributed by atoms with Gasteiger partial charge in [0.2, 0.25) is 0 Å². The van der Waals surface area contributed by atoms with Crippen LogP contribution in [-0.2, 0) is 19.3 Å². The highest BCUT2D eigenvalue weighted by atomic mass is 16.5. The maximum absolute atomic E-state index is 5.49. The van der Waals surface area contributed by atoms with Crippen molar-refractivity contribution in [2.24, 2.45) is 0 Å². The first-order chi connectivity index (χ1) is 15.2. The van der Waals surface area contributed by atoms with Crippen LogP contribution in [0.15, 0.2) is 42.6 Å². The number of benzene rings is 2. The number of aromatic nitrogens is 1. The molecule has 0 unspecified atom stereocenters. The number of hydrogen-bond donors (Lipinski definition) is 1. The van der Waals surface area contributed by atoms with Crippen LogP contribution in [0.3, 0.4) is 0 Å². The third kappa shape index (κ3) is 5.23. The summed E-state index contributed by atoms with van der Waals surface area (Å²) in [6.07, 6.45) is 6.60. The van der Waals surface area contributed by atoms with Crippen molar-refractivity contribution in [1.29, 1.82) is 0 Å². The van der Waals surface area contributed by atoms with Gasteiger partial charge in [-0.2, -0.15) is 0 Å². The van der Waals surface area contributed by atoms with Crippen molar-refractivity contribution in [2.75, 3.05) is 54.0 Å². The molecule has 1 aliphatic heterocycles. The van der Waals surface area contributed by atoms with Crippen molar-refractivity contribution in [3.63, 3.8) is 0 Å². The van der Waals surface area contributed by atoms with Crippen LogP contribution in [0.2, 0.25) is 0 Å². The van der Waals surface area contributed by atoms with E-state index in [1.807, 2.05) is 0 Å². The van der Waals surface area contributed by atoms with Gasteiger partial charge in [-0.15, -0.1) is 0 Å². The number of H-pyrrole nitrogens is 1. The average Bonchev–Trinajstić information content (AvgIpc) is 3.11.